The first-order valence-corrected chi connectivity index (χ1v) is 5.51. The largest absolute Gasteiger partial charge is 0.497 e. The van der Waals surface area contributed by atoms with Crippen molar-refractivity contribution < 1.29 is 9.47 Å². The Kier molecular flexibility index (Phi) is 3.41. The average Bonchev–Trinajstić information content (AvgIpc) is 2.32. The molecule has 0 saturated heterocycles. The lowest BCUT2D eigenvalue weighted by molar-refractivity contribution is 0.407. The number of hydrogen-bond acceptors (Lipinski definition) is 3. The standard InChI is InChI=1S/C12H10BrNO2/c1-15-10-3-2-4-11(7-10)16-12-6-5-9(13)8-14-12/h2-8H,1H3. The Balaban J connectivity index is 2.16. The number of hydrogen-bond donors (Lipinski definition) is 0. The van der Waals surface area contributed by atoms with E-state index in [1.54, 1.807) is 19.4 Å². The zero-order valence-corrected chi connectivity index (χ0v) is 10.3. The molecule has 16 heavy (non-hydrogen) atoms. The topological polar surface area (TPSA) is 31.4 Å². The van der Waals surface area contributed by atoms with Gasteiger partial charge in [0.05, 0.1) is 7.11 Å². The van der Waals surface area contributed by atoms with Crippen LogP contribution in [0.3, 0.4) is 0 Å². The highest BCUT2D eigenvalue weighted by atomic mass is 79.9. The molecule has 0 radical (unpaired) electrons. The SMILES string of the molecule is COc1cccc(Oc2ccc(Br)cn2)c1. The fraction of sp³-hybridized carbons (Fsp3) is 0.0833. The van der Waals surface area contributed by atoms with Gasteiger partial charge in [0.2, 0.25) is 5.88 Å². The average molecular weight is 280 g/mol. The third-order valence-corrected chi connectivity index (χ3v) is 2.43. The summed E-state index contributed by atoms with van der Waals surface area (Å²) in [6.07, 6.45) is 1.69. The summed E-state index contributed by atoms with van der Waals surface area (Å²) in [4.78, 5) is 4.12. The molecule has 0 aliphatic heterocycles. The Morgan fingerprint density at radius 1 is 1.12 bits per heavy atom. The van der Waals surface area contributed by atoms with Crippen molar-refractivity contribution >= 4 is 15.9 Å². The molecule has 3 nitrogen and oxygen atoms in total. The molecule has 0 saturated carbocycles. The first-order chi connectivity index (χ1) is 7.78. The second-order valence-electron chi connectivity index (χ2n) is 3.10. The van der Waals surface area contributed by atoms with E-state index in [4.69, 9.17) is 9.47 Å². The fourth-order valence-electron chi connectivity index (χ4n) is 1.21. The lowest BCUT2D eigenvalue weighted by Crippen LogP contribution is -1.88. The van der Waals surface area contributed by atoms with Gasteiger partial charge in [0.1, 0.15) is 11.5 Å². The monoisotopic (exact) mass is 279 g/mol. The van der Waals surface area contributed by atoms with Crippen LogP contribution >= 0.6 is 15.9 Å². The first-order valence-electron chi connectivity index (χ1n) is 4.71. The van der Waals surface area contributed by atoms with Crippen LogP contribution in [0.1, 0.15) is 0 Å². The van der Waals surface area contributed by atoms with E-state index in [9.17, 15) is 0 Å². The quantitative estimate of drug-likeness (QED) is 0.860. The van der Waals surface area contributed by atoms with Crippen molar-refractivity contribution in [2.24, 2.45) is 0 Å². The van der Waals surface area contributed by atoms with Gasteiger partial charge in [-0.1, -0.05) is 6.07 Å². The highest BCUT2D eigenvalue weighted by Gasteiger charge is 1.99. The number of nitrogens with zero attached hydrogens (tertiary/aromatic N) is 1. The maximum Gasteiger partial charge on any atom is 0.219 e. The van der Waals surface area contributed by atoms with E-state index >= 15 is 0 Å². The van der Waals surface area contributed by atoms with E-state index in [2.05, 4.69) is 20.9 Å². The van der Waals surface area contributed by atoms with Crippen LogP contribution < -0.4 is 9.47 Å². The summed E-state index contributed by atoms with van der Waals surface area (Å²) in [5, 5.41) is 0. The fourth-order valence-corrected chi connectivity index (χ4v) is 1.44. The van der Waals surface area contributed by atoms with Gasteiger partial charge in [-0.15, -0.1) is 0 Å². The van der Waals surface area contributed by atoms with Gasteiger partial charge >= 0.3 is 0 Å². The molecule has 0 bridgehead atoms. The number of halogens is 1. The minimum atomic E-state index is 0.552. The van der Waals surface area contributed by atoms with E-state index < -0.39 is 0 Å². The van der Waals surface area contributed by atoms with Crippen LogP contribution in [0.5, 0.6) is 17.4 Å². The second kappa shape index (κ2) is 4.99. The van der Waals surface area contributed by atoms with Crippen molar-refractivity contribution in [3.8, 4) is 17.4 Å². The summed E-state index contributed by atoms with van der Waals surface area (Å²) in [6.45, 7) is 0. The molecule has 0 unspecified atom stereocenters. The van der Waals surface area contributed by atoms with Crippen molar-refractivity contribution in [2.75, 3.05) is 7.11 Å². The smallest absolute Gasteiger partial charge is 0.219 e. The molecule has 0 amide bonds. The zero-order chi connectivity index (χ0) is 11.4. The maximum atomic E-state index is 5.56. The summed E-state index contributed by atoms with van der Waals surface area (Å²) in [6, 6.07) is 11.1. The maximum absolute atomic E-state index is 5.56. The summed E-state index contributed by atoms with van der Waals surface area (Å²) < 4.78 is 11.6. The molecular formula is C12H10BrNO2. The van der Waals surface area contributed by atoms with Gasteiger partial charge in [0.15, 0.2) is 0 Å². The van der Waals surface area contributed by atoms with E-state index in [1.165, 1.54) is 0 Å². The van der Waals surface area contributed by atoms with E-state index in [1.807, 2.05) is 30.3 Å². The van der Waals surface area contributed by atoms with Gasteiger partial charge in [-0.3, -0.25) is 0 Å². The number of benzene rings is 1. The van der Waals surface area contributed by atoms with Gasteiger partial charge in [-0.2, -0.15) is 0 Å². The number of rotatable bonds is 3. The molecule has 82 valence electrons. The molecule has 0 atom stereocenters. The molecule has 1 aromatic heterocycles. The number of pyridine rings is 1. The molecule has 0 N–H and O–H groups in total. The minimum Gasteiger partial charge on any atom is -0.497 e. The van der Waals surface area contributed by atoms with Crippen LogP contribution in [0.2, 0.25) is 0 Å². The van der Waals surface area contributed by atoms with E-state index in [-0.39, 0.29) is 0 Å². The number of methoxy groups -OCH3 is 1. The molecule has 0 fully saturated rings. The molecule has 2 rings (SSSR count). The highest BCUT2D eigenvalue weighted by molar-refractivity contribution is 9.10. The number of aromatic nitrogens is 1. The van der Waals surface area contributed by atoms with Crippen molar-refractivity contribution in [3.63, 3.8) is 0 Å². The molecule has 0 aliphatic rings. The molecule has 1 aromatic carbocycles. The Hall–Kier alpha value is -1.55. The van der Waals surface area contributed by atoms with Crippen LogP contribution in [-0.2, 0) is 0 Å². The second-order valence-corrected chi connectivity index (χ2v) is 4.01. The van der Waals surface area contributed by atoms with Gasteiger partial charge < -0.3 is 9.47 Å². The third-order valence-electron chi connectivity index (χ3n) is 1.96. The van der Waals surface area contributed by atoms with Crippen LogP contribution in [0.4, 0.5) is 0 Å². The van der Waals surface area contributed by atoms with Crippen LogP contribution in [0, 0.1) is 0 Å². The Labute approximate surface area is 102 Å². The molecule has 0 aliphatic carbocycles. The van der Waals surface area contributed by atoms with Crippen molar-refractivity contribution in [2.45, 2.75) is 0 Å². The molecule has 0 spiro atoms. The number of ether oxygens (including phenoxy) is 2. The minimum absolute atomic E-state index is 0.552. The van der Waals surface area contributed by atoms with Gasteiger partial charge in [0, 0.05) is 22.8 Å². The Bertz CT molecular complexity index is 471. The molecule has 2 aromatic rings. The molecule has 1 heterocycles. The van der Waals surface area contributed by atoms with Crippen molar-refractivity contribution in [1.29, 1.82) is 0 Å². The first kappa shape index (κ1) is 11.0. The zero-order valence-electron chi connectivity index (χ0n) is 8.68. The lowest BCUT2D eigenvalue weighted by Gasteiger charge is -2.06. The van der Waals surface area contributed by atoms with Crippen LogP contribution in [-0.4, -0.2) is 12.1 Å². The van der Waals surface area contributed by atoms with E-state index in [0.717, 1.165) is 10.2 Å². The van der Waals surface area contributed by atoms with E-state index in [0.29, 0.717) is 11.6 Å². The predicted octanol–water partition coefficient (Wildman–Crippen LogP) is 3.65. The van der Waals surface area contributed by atoms with Crippen molar-refractivity contribution in [1.82, 2.24) is 4.98 Å². The summed E-state index contributed by atoms with van der Waals surface area (Å²) in [5.74, 6) is 2.01. The molecule has 4 heteroatoms. The summed E-state index contributed by atoms with van der Waals surface area (Å²) in [5.41, 5.74) is 0. The van der Waals surface area contributed by atoms with Gasteiger partial charge in [-0.25, -0.2) is 4.98 Å². The van der Waals surface area contributed by atoms with Crippen molar-refractivity contribution in [3.05, 3.63) is 47.1 Å². The normalized spacial score (nSPS) is 9.88. The Morgan fingerprint density at radius 3 is 2.62 bits per heavy atom. The third kappa shape index (κ3) is 2.73. The van der Waals surface area contributed by atoms with Gasteiger partial charge in [0.25, 0.3) is 0 Å². The molecular weight excluding hydrogens is 270 g/mol. The summed E-state index contributed by atoms with van der Waals surface area (Å²) in [7, 11) is 1.62. The lowest BCUT2D eigenvalue weighted by atomic mass is 10.3. The van der Waals surface area contributed by atoms with Crippen LogP contribution in [0.15, 0.2) is 47.1 Å². The Morgan fingerprint density at radius 2 is 1.94 bits per heavy atom. The van der Waals surface area contributed by atoms with Crippen LogP contribution in [0.25, 0.3) is 0 Å². The highest BCUT2D eigenvalue weighted by Crippen LogP contribution is 2.24. The van der Waals surface area contributed by atoms with Gasteiger partial charge in [-0.05, 0) is 34.1 Å². The predicted molar refractivity (Wildman–Crippen MR) is 65.0 cm³/mol. The summed E-state index contributed by atoms with van der Waals surface area (Å²) >= 11 is 3.32.